The third-order valence-corrected chi connectivity index (χ3v) is 31.3. The molecule has 0 spiro atoms. The van der Waals surface area contributed by atoms with E-state index in [1.807, 2.05) is 0 Å². The van der Waals surface area contributed by atoms with Gasteiger partial charge in [0.2, 0.25) is 0 Å². The van der Waals surface area contributed by atoms with Crippen molar-refractivity contribution in [1.82, 2.24) is 0 Å². The Balaban J connectivity index is 0.000000142. The Labute approximate surface area is 578 Å². The molecule has 0 radical (unpaired) electrons. The number of carbonyl (C=O) groups is 7. The number of unbranched alkanes of at least 4 members (excludes halogenated alkanes) is 3. The second kappa shape index (κ2) is 30.1. The summed E-state index contributed by atoms with van der Waals surface area (Å²) in [4.78, 5) is 81.6. The first-order chi connectivity index (χ1) is 45.6. The summed E-state index contributed by atoms with van der Waals surface area (Å²) < 4.78 is 23.9. The van der Waals surface area contributed by atoms with Crippen molar-refractivity contribution in [2.45, 2.75) is 341 Å². The van der Waals surface area contributed by atoms with Gasteiger partial charge in [-0.2, -0.15) is 0 Å². The number of ketones is 3. The maximum absolute atomic E-state index is 12.7. The SMILES string of the molecule is CCCCCCC(=O)O[C@H]1CCC2C3CCC4CC(=O)CC[C@]4(C)C3CC[C@@]21C.C[C@]12CCC(=O)CC1CCC1C2CC[C@@]2(C)C1CC[C@@H]2OC(=O)CCC1CCCC1.C[C@]12CCC(=O)CC1CCC1C2CC[C@@]2(C)C1CC[C@@H]2OC1O[C@H](C(=O)O)[C@@H](O)[C@H](O)[C@H]1O.O=C(O)Cl. The van der Waals surface area contributed by atoms with E-state index in [0.717, 1.165) is 152 Å². The fraction of sp³-hybridized carbons (Fsp3) is 0.911. The topological polar surface area (TPSA) is 258 Å². The first kappa shape index (κ1) is 74.2. The van der Waals surface area contributed by atoms with Crippen LogP contribution in [0, 0.1) is 109 Å². The van der Waals surface area contributed by atoms with Crippen LogP contribution in [0.5, 0.6) is 0 Å². The molecule has 1 heterocycles. The van der Waals surface area contributed by atoms with E-state index in [9.17, 15) is 49.2 Å². The predicted molar refractivity (Wildman–Crippen MR) is 363 cm³/mol. The maximum atomic E-state index is 12.7. The minimum atomic E-state index is -1.71. The molecule has 0 bridgehead atoms. The van der Waals surface area contributed by atoms with Crippen LogP contribution in [0.15, 0.2) is 0 Å². The zero-order valence-corrected chi connectivity index (χ0v) is 60.4. The summed E-state index contributed by atoms with van der Waals surface area (Å²) in [7, 11) is 0. The van der Waals surface area contributed by atoms with Gasteiger partial charge in [0.25, 0.3) is 0 Å². The summed E-state index contributed by atoms with van der Waals surface area (Å²) in [5, 5.41) is 47.1. The van der Waals surface area contributed by atoms with Crippen molar-refractivity contribution in [2.24, 2.45) is 109 Å². The molecule has 96 heavy (non-hydrogen) atoms. The lowest BCUT2D eigenvalue weighted by Gasteiger charge is -2.60. The van der Waals surface area contributed by atoms with Crippen molar-refractivity contribution in [2.75, 3.05) is 0 Å². The lowest BCUT2D eigenvalue weighted by atomic mass is 9.45. The van der Waals surface area contributed by atoms with Gasteiger partial charge in [-0.25, -0.2) is 9.59 Å². The quantitative estimate of drug-likeness (QED) is 0.0652. The molecule has 542 valence electrons. The highest BCUT2D eigenvalue weighted by molar-refractivity contribution is 6.60. The third-order valence-electron chi connectivity index (χ3n) is 31.3. The lowest BCUT2D eigenvalue weighted by molar-refractivity contribution is -0.313. The van der Waals surface area contributed by atoms with Gasteiger partial charge in [0, 0.05) is 73.8 Å². The van der Waals surface area contributed by atoms with Crippen molar-refractivity contribution in [3.05, 3.63) is 0 Å². The molecule has 14 aliphatic rings. The molecule has 1 aliphatic heterocycles. The maximum Gasteiger partial charge on any atom is 0.401 e. The number of aliphatic hydroxyl groups excluding tert-OH is 3. The van der Waals surface area contributed by atoms with Gasteiger partial charge in [0.05, 0.1) is 6.10 Å². The van der Waals surface area contributed by atoms with Crippen LogP contribution in [0.3, 0.4) is 0 Å². The first-order valence-electron chi connectivity index (χ1n) is 39.0. The molecule has 0 aromatic carbocycles. The average molecular weight is 1360 g/mol. The number of hydrogen-bond donors (Lipinski definition) is 5. The number of halogens is 1. The average Bonchev–Trinajstić information content (AvgIpc) is 1.39. The van der Waals surface area contributed by atoms with Crippen molar-refractivity contribution >= 4 is 52.3 Å². The Hall–Kier alpha value is -3.02. The van der Waals surface area contributed by atoms with E-state index in [0.29, 0.717) is 94.8 Å². The fourth-order valence-corrected chi connectivity index (χ4v) is 25.7. The van der Waals surface area contributed by atoms with E-state index in [4.69, 9.17) is 28.8 Å². The highest BCUT2D eigenvalue weighted by atomic mass is 35.5. The van der Waals surface area contributed by atoms with Crippen molar-refractivity contribution < 1.29 is 78.0 Å². The number of carbonyl (C=O) groups excluding carboxylic acids is 5. The minimum absolute atomic E-state index is 0.0385. The van der Waals surface area contributed by atoms with Crippen LogP contribution in [0.1, 0.15) is 292 Å². The monoisotopic (exact) mass is 1360 g/mol. The van der Waals surface area contributed by atoms with Crippen LogP contribution >= 0.6 is 11.6 Å². The predicted octanol–water partition coefficient (Wildman–Crippen LogP) is 15.7. The van der Waals surface area contributed by atoms with Crippen LogP contribution in [0.4, 0.5) is 4.79 Å². The lowest BCUT2D eigenvalue weighted by Crippen LogP contribution is -2.61. The number of hydrogen-bond acceptors (Lipinski definition) is 14. The summed E-state index contributed by atoms with van der Waals surface area (Å²) in [6.45, 7) is 16.7. The second-order valence-electron chi connectivity index (χ2n) is 35.6. The first-order valence-corrected chi connectivity index (χ1v) is 39.4. The fourth-order valence-electron chi connectivity index (χ4n) is 25.7. The van der Waals surface area contributed by atoms with Crippen molar-refractivity contribution in [3.8, 4) is 0 Å². The molecule has 0 amide bonds. The van der Waals surface area contributed by atoms with Crippen molar-refractivity contribution in [1.29, 1.82) is 0 Å². The number of rotatable bonds is 13. The molecule has 16 nitrogen and oxygen atoms in total. The van der Waals surface area contributed by atoms with Crippen LogP contribution in [-0.4, -0.2) is 115 Å². The largest absolute Gasteiger partial charge is 0.479 e. The third kappa shape index (κ3) is 14.6. The number of aliphatic hydroxyl groups is 3. The standard InChI is InChI=1S/C27H42O3.C26H42O3.C25H38O8.CHClO2/c1-26-15-13-20(28)17-19(26)8-9-21-22-10-11-24(27(22,2)16-14-23(21)26)30-25(29)12-7-18-5-3-4-6-18;1-4-5-6-7-8-24(28)29-23-12-11-21-20-10-9-18-17-19(27)13-15-25(18,2)22(20)14-16-26(21,23)3;1-24-9-7-13(26)11-12(24)3-4-14-15-5-6-17(25(15,2)10-8-16(14)24)32-23-20(29)18(27)19(28)21(33-23)22(30)31;2-1(3)4/h18-19,21-24H,3-17H2,1-2H3;18,20-23H,4-17H2,1-3H3;12,14-21,23,27-29H,3-11H2,1-2H3,(H,30,31);(H,3,4)/t19?,21?,22?,23?,24-,26-,27-;18?,20?,21?,22?,23-,25-,26-;12?,14?,15?,16?,17-,18-,19-,20+,21-,23?,24-,25-;/m000./s1. The van der Waals surface area contributed by atoms with Gasteiger partial charge in [-0.1, -0.05) is 93.4 Å². The van der Waals surface area contributed by atoms with E-state index in [1.54, 1.807) is 0 Å². The molecule has 26 atom stereocenters. The molecule has 5 N–H and O–H groups in total. The molecule has 13 unspecified atom stereocenters. The molecule has 1 saturated heterocycles. The molecular weight excluding hydrogens is 1240 g/mol. The number of Topliss-reactive ketones (excluding diaryl/α,β-unsaturated/α-hetero) is 3. The molecule has 17 heteroatoms. The molecule has 14 rings (SSSR count). The number of ether oxygens (including phenoxy) is 4. The van der Waals surface area contributed by atoms with Gasteiger partial charge in [0.1, 0.15) is 47.9 Å². The summed E-state index contributed by atoms with van der Waals surface area (Å²) in [6, 6.07) is 0. The number of carboxylic acid groups (broad SMARTS) is 2. The Morgan fingerprint density at radius 2 is 0.844 bits per heavy atom. The smallest absolute Gasteiger partial charge is 0.401 e. The van der Waals surface area contributed by atoms with Crippen LogP contribution in [0.2, 0.25) is 0 Å². The van der Waals surface area contributed by atoms with Gasteiger partial charge >= 0.3 is 23.3 Å². The molecule has 0 aromatic heterocycles. The Morgan fingerprint density at radius 3 is 1.25 bits per heavy atom. The molecule has 0 aromatic rings. The summed E-state index contributed by atoms with van der Waals surface area (Å²) in [5.41, 5.74) is -0.154. The van der Waals surface area contributed by atoms with E-state index in [2.05, 4.69) is 60.1 Å². The molecular formula is C79H123ClO16. The number of esters is 2. The summed E-state index contributed by atoms with van der Waals surface area (Å²) >= 11 is 4.19. The second-order valence-corrected chi connectivity index (χ2v) is 36.0. The van der Waals surface area contributed by atoms with Gasteiger partial charge in [0.15, 0.2) is 12.4 Å². The van der Waals surface area contributed by atoms with E-state index >= 15 is 0 Å². The van der Waals surface area contributed by atoms with Crippen molar-refractivity contribution in [3.63, 3.8) is 0 Å². The highest BCUT2D eigenvalue weighted by Gasteiger charge is 2.65. The van der Waals surface area contributed by atoms with Gasteiger partial charge in [-0.05, 0) is 246 Å². The van der Waals surface area contributed by atoms with Crippen LogP contribution < -0.4 is 0 Å². The Bertz CT molecular complexity index is 2780. The molecule has 14 fully saturated rings. The van der Waals surface area contributed by atoms with Crippen LogP contribution in [-0.2, 0) is 47.7 Å². The summed E-state index contributed by atoms with van der Waals surface area (Å²) in [5.74, 6) is 8.83. The number of fused-ring (bicyclic) bond motifs is 15. The normalized spacial score (nSPS) is 46.6. The van der Waals surface area contributed by atoms with Crippen LogP contribution in [0.25, 0.3) is 0 Å². The van der Waals surface area contributed by atoms with E-state index in [1.165, 1.54) is 103 Å². The van der Waals surface area contributed by atoms with E-state index < -0.39 is 42.1 Å². The molecule has 13 saturated carbocycles. The number of carboxylic acids is 1. The Morgan fingerprint density at radius 1 is 0.458 bits per heavy atom. The summed E-state index contributed by atoms with van der Waals surface area (Å²) in [6.07, 6.45) is 33.0. The Kier molecular flexibility index (Phi) is 23.3. The van der Waals surface area contributed by atoms with Gasteiger partial charge in [-0.3, -0.25) is 24.0 Å². The van der Waals surface area contributed by atoms with Gasteiger partial charge < -0.3 is 44.5 Å². The van der Waals surface area contributed by atoms with E-state index in [-0.39, 0.29) is 51.9 Å². The minimum Gasteiger partial charge on any atom is -0.479 e. The number of aliphatic carboxylic acids is 1. The molecule has 13 aliphatic carbocycles. The highest BCUT2D eigenvalue weighted by Crippen LogP contribution is 2.70. The zero-order chi connectivity index (χ0) is 68.9. The zero-order valence-electron chi connectivity index (χ0n) is 59.6. The van der Waals surface area contributed by atoms with Gasteiger partial charge in [-0.15, -0.1) is 0 Å².